The smallest absolute Gasteiger partial charge is 0.260 e. The molecule has 1 amide bonds. The summed E-state index contributed by atoms with van der Waals surface area (Å²) >= 11 is 1.27. The lowest BCUT2D eigenvalue weighted by Gasteiger charge is -2.28. The summed E-state index contributed by atoms with van der Waals surface area (Å²) in [5.74, 6) is -0.630. The number of carbonyl (C=O) groups is 1. The number of nitrogens with zero attached hydrogens (tertiary/aromatic N) is 4. The molecule has 2 aliphatic rings. The molecular formula is C30H31FN4O4S2. The number of fused-ring (bicyclic) bond motifs is 2. The van der Waals surface area contributed by atoms with E-state index in [9.17, 15) is 17.6 Å². The largest absolute Gasteiger partial charge is 0.379 e. The normalized spacial score (nSPS) is 16.5. The second kappa shape index (κ2) is 11.9. The van der Waals surface area contributed by atoms with Gasteiger partial charge >= 0.3 is 0 Å². The van der Waals surface area contributed by atoms with E-state index in [1.54, 1.807) is 23.1 Å². The Balaban J connectivity index is 1.22. The van der Waals surface area contributed by atoms with Gasteiger partial charge in [0, 0.05) is 44.8 Å². The first-order valence-electron chi connectivity index (χ1n) is 13.7. The first-order valence-corrected chi connectivity index (χ1v) is 16.0. The zero-order valence-electron chi connectivity index (χ0n) is 22.5. The number of amides is 1. The first-order chi connectivity index (χ1) is 19.9. The van der Waals surface area contributed by atoms with Crippen LogP contribution in [0.2, 0.25) is 0 Å². The number of hydrogen-bond acceptors (Lipinski definition) is 7. The highest BCUT2D eigenvalue weighted by molar-refractivity contribution is 7.89. The molecule has 0 unspecified atom stereocenters. The third-order valence-corrected chi connectivity index (χ3v) is 10.5. The van der Waals surface area contributed by atoms with Crippen molar-refractivity contribution in [1.82, 2.24) is 14.2 Å². The average molecular weight is 595 g/mol. The Morgan fingerprint density at radius 3 is 2.54 bits per heavy atom. The van der Waals surface area contributed by atoms with Crippen LogP contribution < -0.4 is 4.90 Å². The number of thiazole rings is 1. The molecule has 3 aromatic carbocycles. The van der Waals surface area contributed by atoms with Crippen molar-refractivity contribution in [3.8, 4) is 0 Å². The van der Waals surface area contributed by atoms with E-state index in [1.807, 2.05) is 24.3 Å². The van der Waals surface area contributed by atoms with Crippen molar-refractivity contribution in [2.75, 3.05) is 50.8 Å². The summed E-state index contributed by atoms with van der Waals surface area (Å²) in [6.07, 6.45) is 1.39. The van der Waals surface area contributed by atoms with Crippen molar-refractivity contribution in [3.05, 3.63) is 89.2 Å². The maximum absolute atomic E-state index is 13.9. The molecule has 1 fully saturated rings. The van der Waals surface area contributed by atoms with Crippen molar-refractivity contribution in [1.29, 1.82) is 0 Å². The Hall–Kier alpha value is -3.22. The Morgan fingerprint density at radius 1 is 1.00 bits per heavy atom. The van der Waals surface area contributed by atoms with Crippen LogP contribution in [0, 0.1) is 5.82 Å². The molecule has 1 aromatic heterocycles. The molecule has 0 radical (unpaired) electrons. The molecule has 0 saturated carbocycles. The lowest BCUT2D eigenvalue weighted by atomic mass is 10.0. The number of carbonyl (C=O) groups excluding carboxylic acids is 1. The van der Waals surface area contributed by atoms with E-state index < -0.39 is 10.0 Å². The van der Waals surface area contributed by atoms with Gasteiger partial charge in [0.2, 0.25) is 10.0 Å². The van der Waals surface area contributed by atoms with Gasteiger partial charge < -0.3 is 4.74 Å². The first kappa shape index (κ1) is 27.9. The zero-order valence-corrected chi connectivity index (χ0v) is 24.2. The molecule has 0 atom stereocenters. The summed E-state index contributed by atoms with van der Waals surface area (Å²) in [4.78, 5) is 22.5. The van der Waals surface area contributed by atoms with Crippen LogP contribution in [0.5, 0.6) is 0 Å². The van der Waals surface area contributed by atoms with E-state index in [1.165, 1.54) is 45.5 Å². The topological polar surface area (TPSA) is 83.1 Å². The Kier molecular flexibility index (Phi) is 8.14. The second-order valence-electron chi connectivity index (χ2n) is 10.3. The van der Waals surface area contributed by atoms with Gasteiger partial charge in [-0.05, 0) is 66.4 Å². The summed E-state index contributed by atoms with van der Waals surface area (Å²) in [5.41, 5.74) is 3.18. The van der Waals surface area contributed by atoms with Gasteiger partial charge in [0.15, 0.2) is 5.13 Å². The number of morpholine rings is 1. The summed E-state index contributed by atoms with van der Waals surface area (Å²) < 4.78 is 48.3. The minimum Gasteiger partial charge on any atom is -0.379 e. The number of anilines is 1. The number of rotatable bonds is 8. The van der Waals surface area contributed by atoms with Crippen LogP contribution in [0.25, 0.3) is 10.2 Å². The van der Waals surface area contributed by atoms with E-state index >= 15 is 0 Å². The van der Waals surface area contributed by atoms with E-state index in [4.69, 9.17) is 4.74 Å². The molecule has 3 heterocycles. The fourth-order valence-electron chi connectivity index (χ4n) is 5.31. The highest BCUT2D eigenvalue weighted by Gasteiger charge is 2.29. The molecule has 0 spiro atoms. The number of hydrogen-bond donors (Lipinski definition) is 0. The fourth-order valence-corrected chi connectivity index (χ4v) is 7.75. The lowest BCUT2D eigenvalue weighted by Crippen LogP contribution is -2.39. The van der Waals surface area contributed by atoms with Crippen LogP contribution >= 0.6 is 11.3 Å². The molecule has 0 aliphatic carbocycles. The fraction of sp³-hybridized carbons (Fsp3) is 0.333. The summed E-state index contributed by atoms with van der Waals surface area (Å²) in [6, 6.07) is 18.4. The molecular weight excluding hydrogens is 563 g/mol. The van der Waals surface area contributed by atoms with Crippen molar-refractivity contribution in [2.45, 2.75) is 24.3 Å². The lowest BCUT2D eigenvalue weighted by molar-refractivity contribution is 0.0376. The molecule has 11 heteroatoms. The van der Waals surface area contributed by atoms with Crippen LogP contribution in [0.4, 0.5) is 9.52 Å². The summed E-state index contributed by atoms with van der Waals surface area (Å²) in [5, 5.41) is 0.487. The zero-order chi connectivity index (χ0) is 28.4. The van der Waals surface area contributed by atoms with Crippen LogP contribution in [0.3, 0.4) is 0 Å². The predicted molar refractivity (Wildman–Crippen MR) is 157 cm³/mol. The van der Waals surface area contributed by atoms with Gasteiger partial charge in [-0.15, -0.1) is 0 Å². The standard InChI is InChI=1S/C30H31FN4O4S2/c31-25-8-11-27-28(20-25)40-30(32-27)35(14-3-13-33-16-18-39-19-17-33)29(36)23-6-9-26(10-7-23)41(37,38)34-15-12-22-4-1-2-5-24(22)21-34/h1-2,4-11,20H,3,12-19,21H2. The molecule has 6 rings (SSSR count). The van der Waals surface area contributed by atoms with Gasteiger partial charge in [-0.1, -0.05) is 35.6 Å². The van der Waals surface area contributed by atoms with Crippen LogP contribution in [0.15, 0.2) is 71.6 Å². The van der Waals surface area contributed by atoms with Gasteiger partial charge in [-0.25, -0.2) is 17.8 Å². The quantitative estimate of drug-likeness (QED) is 0.298. The number of halogens is 1. The average Bonchev–Trinajstić information content (AvgIpc) is 3.42. The highest BCUT2D eigenvalue weighted by atomic mass is 32.2. The van der Waals surface area contributed by atoms with Crippen molar-refractivity contribution >= 4 is 42.6 Å². The Bertz CT molecular complexity index is 1650. The van der Waals surface area contributed by atoms with E-state index in [0.29, 0.717) is 60.2 Å². The molecule has 4 aromatic rings. The van der Waals surface area contributed by atoms with E-state index in [0.717, 1.165) is 31.6 Å². The monoisotopic (exact) mass is 594 g/mol. The number of aromatic nitrogens is 1. The number of sulfonamides is 1. The number of ether oxygens (including phenoxy) is 1. The predicted octanol–water partition coefficient (Wildman–Crippen LogP) is 4.55. The molecule has 41 heavy (non-hydrogen) atoms. The SMILES string of the molecule is O=C(c1ccc(S(=O)(=O)N2CCc3ccccc3C2)cc1)N(CCCN1CCOCC1)c1nc2ccc(F)cc2s1. The van der Waals surface area contributed by atoms with E-state index in [-0.39, 0.29) is 16.6 Å². The van der Waals surface area contributed by atoms with Crippen LogP contribution in [0.1, 0.15) is 27.9 Å². The minimum atomic E-state index is -3.72. The van der Waals surface area contributed by atoms with Gasteiger partial charge in [-0.2, -0.15) is 4.31 Å². The van der Waals surface area contributed by atoms with Crippen LogP contribution in [-0.2, 0) is 27.7 Å². The number of benzene rings is 3. The molecule has 1 saturated heterocycles. The molecule has 214 valence electrons. The molecule has 0 N–H and O–H groups in total. The third-order valence-electron chi connectivity index (χ3n) is 7.61. The Labute approximate surface area is 243 Å². The van der Waals surface area contributed by atoms with E-state index in [2.05, 4.69) is 9.88 Å². The maximum atomic E-state index is 13.9. The minimum absolute atomic E-state index is 0.155. The maximum Gasteiger partial charge on any atom is 0.260 e. The molecule has 0 bridgehead atoms. The summed E-state index contributed by atoms with van der Waals surface area (Å²) in [6.45, 7) is 5.08. The Morgan fingerprint density at radius 2 is 1.76 bits per heavy atom. The molecule has 2 aliphatic heterocycles. The van der Waals surface area contributed by atoms with Crippen LogP contribution in [-0.4, -0.2) is 74.5 Å². The van der Waals surface area contributed by atoms with Crippen molar-refractivity contribution < 1.29 is 22.3 Å². The van der Waals surface area contributed by atoms with Gasteiger partial charge in [0.1, 0.15) is 5.82 Å². The second-order valence-corrected chi connectivity index (χ2v) is 13.2. The highest BCUT2D eigenvalue weighted by Crippen LogP contribution is 2.31. The summed E-state index contributed by atoms with van der Waals surface area (Å²) in [7, 11) is -3.72. The molecule has 8 nitrogen and oxygen atoms in total. The van der Waals surface area contributed by atoms with Gasteiger partial charge in [0.25, 0.3) is 5.91 Å². The van der Waals surface area contributed by atoms with Crippen molar-refractivity contribution in [3.63, 3.8) is 0 Å². The van der Waals surface area contributed by atoms with Gasteiger partial charge in [-0.3, -0.25) is 14.6 Å². The van der Waals surface area contributed by atoms with Gasteiger partial charge in [0.05, 0.1) is 28.3 Å². The third kappa shape index (κ3) is 6.05. The van der Waals surface area contributed by atoms with Crippen molar-refractivity contribution in [2.24, 2.45) is 0 Å².